The highest BCUT2D eigenvalue weighted by Crippen LogP contribution is 2.18. The van der Waals surface area contributed by atoms with Crippen molar-refractivity contribution in [3.05, 3.63) is 76.1 Å². The van der Waals surface area contributed by atoms with Crippen molar-refractivity contribution in [2.75, 3.05) is 10.6 Å². The lowest BCUT2D eigenvalue weighted by Crippen LogP contribution is -2.33. The number of hydrogen-bond donors (Lipinski definition) is 2. The minimum atomic E-state index is -0.538. The van der Waals surface area contributed by atoms with E-state index in [-0.39, 0.29) is 30.0 Å². The van der Waals surface area contributed by atoms with Gasteiger partial charge in [0.05, 0.1) is 5.69 Å². The largest absolute Gasteiger partial charge is 0.324 e. The van der Waals surface area contributed by atoms with E-state index >= 15 is 0 Å². The second-order valence-electron chi connectivity index (χ2n) is 7.76. The third kappa shape index (κ3) is 5.45. The Bertz CT molecular complexity index is 1170. The van der Waals surface area contributed by atoms with Crippen LogP contribution in [-0.4, -0.2) is 21.6 Å². The van der Waals surface area contributed by atoms with Crippen molar-refractivity contribution >= 4 is 23.2 Å². The van der Waals surface area contributed by atoms with Crippen molar-refractivity contribution in [2.45, 2.75) is 34.2 Å². The van der Waals surface area contributed by atoms with Crippen molar-refractivity contribution in [3.8, 4) is 11.3 Å². The molecule has 0 atom stereocenters. The van der Waals surface area contributed by atoms with Gasteiger partial charge in [0.25, 0.3) is 5.56 Å². The molecule has 0 radical (unpaired) electrons. The molecule has 2 N–H and O–H groups in total. The SMILES string of the molecule is Cc1ccc(NC(=O)Cn2nc(-c3ccccc3)cc(NC(=O)C(C)C)c2=O)cc1C. The number of hydrogen-bond acceptors (Lipinski definition) is 4. The van der Waals surface area contributed by atoms with Crippen molar-refractivity contribution in [1.82, 2.24) is 9.78 Å². The van der Waals surface area contributed by atoms with Gasteiger partial charge in [-0.2, -0.15) is 5.10 Å². The normalized spacial score (nSPS) is 10.7. The standard InChI is InChI=1S/C24H26N4O3/c1-15(2)23(30)26-21-13-20(18-8-6-5-7-9-18)27-28(24(21)31)14-22(29)25-19-11-10-16(3)17(4)12-19/h5-13,15H,14H2,1-4H3,(H,25,29)(H,26,30). The van der Waals surface area contributed by atoms with E-state index in [0.717, 1.165) is 21.4 Å². The Kier molecular flexibility index (Phi) is 6.65. The molecule has 2 aromatic carbocycles. The molecule has 3 rings (SSSR count). The Hall–Kier alpha value is -3.74. The molecule has 3 aromatic rings. The Balaban J connectivity index is 1.93. The summed E-state index contributed by atoms with van der Waals surface area (Å²) in [6.45, 7) is 7.15. The van der Waals surface area contributed by atoms with Gasteiger partial charge in [0.15, 0.2) is 0 Å². The monoisotopic (exact) mass is 418 g/mol. The van der Waals surface area contributed by atoms with Gasteiger partial charge in [0, 0.05) is 17.2 Å². The number of carbonyl (C=O) groups excluding carboxylic acids is 2. The lowest BCUT2D eigenvalue weighted by Gasteiger charge is -2.13. The quantitative estimate of drug-likeness (QED) is 0.637. The van der Waals surface area contributed by atoms with Gasteiger partial charge in [-0.15, -0.1) is 0 Å². The Labute approximate surface area is 181 Å². The molecule has 0 saturated heterocycles. The van der Waals surface area contributed by atoms with E-state index < -0.39 is 5.56 Å². The van der Waals surface area contributed by atoms with Crippen LogP contribution >= 0.6 is 0 Å². The third-order valence-electron chi connectivity index (χ3n) is 4.91. The van der Waals surface area contributed by atoms with Crippen molar-refractivity contribution < 1.29 is 9.59 Å². The molecule has 2 amide bonds. The maximum absolute atomic E-state index is 12.9. The number of nitrogens with zero attached hydrogens (tertiary/aromatic N) is 2. The third-order valence-corrected chi connectivity index (χ3v) is 4.91. The number of amides is 2. The van der Waals surface area contributed by atoms with E-state index in [1.807, 2.05) is 62.4 Å². The molecule has 0 saturated carbocycles. The molecule has 0 spiro atoms. The van der Waals surface area contributed by atoms with Crippen molar-refractivity contribution in [2.24, 2.45) is 5.92 Å². The number of nitrogens with one attached hydrogen (secondary N) is 2. The second-order valence-corrected chi connectivity index (χ2v) is 7.76. The molecule has 0 bridgehead atoms. The van der Waals surface area contributed by atoms with Crippen LogP contribution in [0.25, 0.3) is 11.3 Å². The first-order valence-electron chi connectivity index (χ1n) is 10.1. The zero-order valence-electron chi connectivity index (χ0n) is 18.1. The van der Waals surface area contributed by atoms with E-state index in [1.54, 1.807) is 13.8 Å². The topological polar surface area (TPSA) is 93.1 Å². The molecule has 0 aliphatic heterocycles. The van der Waals surface area contributed by atoms with Crippen LogP contribution < -0.4 is 16.2 Å². The molecule has 7 heteroatoms. The van der Waals surface area contributed by atoms with Gasteiger partial charge >= 0.3 is 0 Å². The predicted octanol–water partition coefficient (Wildman–Crippen LogP) is 3.76. The fourth-order valence-electron chi connectivity index (χ4n) is 2.92. The van der Waals surface area contributed by atoms with E-state index in [0.29, 0.717) is 11.4 Å². The Morgan fingerprint density at radius 2 is 1.68 bits per heavy atom. The molecular weight excluding hydrogens is 392 g/mol. The highest BCUT2D eigenvalue weighted by atomic mass is 16.2. The minimum absolute atomic E-state index is 0.0894. The van der Waals surface area contributed by atoms with Gasteiger partial charge in [-0.25, -0.2) is 4.68 Å². The van der Waals surface area contributed by atoms with Crippen LogP contribution in [0.4, 0.5) is 11.4 Å². The van der Waals surface area contributed by atoms with Crippen LogP contribution in [0.15, 0.2) is 59.4 Å². The van der Waals surface area contributed by atoms with E-state index in [2.05, 4.69) is 15.7 Å². The van der Waals surface area contributed by atoms with Crippen LogP contribution in [0.2, 0.25) is 0 Å². The number of rotatable bonds is 6. The average Bonchev–Trinajstić information content (AvgIpc) is 2.74. The highest BCUT2D eigenvalue weighted by Gasteiger charge is 2.16. The summed E-state index contributed by atoms with van der Waals surface area (Å²) in [5.41, 5.74) is 3.63. The van der Waals surface area contributed by atoms with Gasteiger partial charge in [0.2, 0.25) is 11.8 Å². The summed E-state index contributed by atoms with van der Waals surface area (Å²) >= 11 is 0. The molecule has 7 nitrogen and oxygen atoms in total. The van der Waals surface area contributed by atoms with Gasteiger partial charge in [0.1, 0.15) is 12.2 Å². The molecule has 0 aliphatic rings. The molecule has 0 unspecified atom stereocenters. The summed E-state index contributed by atoms with van der Waals surface area (Å²) in [7, 11) is 0. The van der Waals surface area contributed by atoms with Crippen molar-refractivity contribution in [3.63, 3.8) is 0 Å². The molecule has 1 aromatic heterocycles. The van der Waals surface area contributed by atoms with Gasteiger partial charge in [-0.1, -0.05) is 50.2 Å². The number of aryl methyl sites for hydroxylation is 2. The molecule has 0 aliphatic carbocycles. The average molecular weight is 418 g/mol. The van der Waals surface area contributed by atoms with E-state index in [4.69, 9.17) is 0 Å². The summed E-state index contributed by atoms with van der Waals surface area (Å²) in [4.78, 5) is 37.7. The summed E-state index contributed by atoms with van der Waals surface area (Å²) in [5, 5.41) is 9.81. The Morgan fingerprint density at radius 1 is 0.968 bits per heavy atom. The maximum Gasteiger partial charge on any atom is 0.291 e. The van der Waals surface area contributed by atoms with E-state index in [1.165, 1.54) is 6.07 Å². The zero-order chi connectivity index (χ0) is 22.5. The smallest absolute Gasteiger partial charge is 0.291 e. The number of carbonyl (C=O) groups is 2. The summed E-state index contributed by atoms with van der Waals surface area (Å²) in [6, 6.07) is 16.4. The fourth-order valence-corrected chi connectivity index (χ4v) is 2.92. The van der Waals surface area contributed by atoms with Crippen LogP contribution in [-0.2, 0) is 16.1 Å². The van der Waals surface area contributed by atoms with Crippen LogP contribution in [0.3, 0.4) is 0 Å². The summed E-state index contributed by atoms with van der Waals surface area (Å²) in [6.07, 6.45) is 0. The van der Waals surface area contributed by atoms with Gasteiger partial charge in [-0.05, 0) is 43.2 Å². The number of anilines is 2. The first kappa shape index (κ1) is 22.0. The van der Waals surface area contributed by atoms with Crippen molar-refractivity contribution in [1.29, 1.82) is 0 Å². The number of benzene rings is 2. The molecule has 0 fully saturated rings. The lowest BCUT2D eigenvalue weighted by atomic mass is 10.1. The predicted molar refractivity (Wildman–Crippen MR) is 122 cm³/mol. The van der Waals surface area contributed by atoms with Crippen LogP contribution in [0.1, 0.15) is 25.0 Å². The lowest BCUT2D eigenvalue weighted by molar-refractivity contribution is -0.119. The first-order valence-corrected chi connectivity index (χ1v) is 10.1. The van der Waals surface area contributed by atoms with Crippen LogP contribution in [0.5, 0.6) is 0 Å². The van der Waals surface area contributed by atoms with E-state index in [9.17, 15) is 14.4 Å². The Morgan fingerprint density at radius 3 is 2.32 bits per heavy atom. The van der Waals surface area contributed by atoms with Gasteiger partial charge in [-0.3, -0.25) is 14.4 Å². The number of aromatic nitrogens is 2. The maximum atomic E-state index is 12.9. The molecule has 160 valence electrons. The zero-order valence-corrected chi connectivity index (χ0v) is 18.1. The molecule has 31 heavy (non-hydrogen) atoms. The van der Waals surface area contributed by atoms with Gasteiger partial charge < -0.3 is 10.6 Å². The molecular formula is C24H26N4O3. The second kappa shape index (κ2) is 9.38. The molecule has 1 heterocycles. The summed E-state index contributed by atoms with van der Waals surface area (Å²) in [5.74, 6) is -0.966. The first-order chi connectivity index (χ1) is 14.7. The fraction of sp³-hybridized carbons (Fsp3) is 0.250. The summed E-state index contributed by atoms with van der Waals surface area (Å²) < 4.78 is 1.08. The highest BCUT2D eigenvalue weighted by molar-refractivity contribution is 5.93. The van der Waals surface area contributed by atoms with Crippen LogP contribution in [0, 0.1) is 19.8 Å². The minimum Gasteiger partial charge on any atom is -0.324 e.